The van der Waals surface area contributed by atoms with Gasteiger partial charge in [-0.25, -0.2) is 0 Å². The molecule has 0 atom stereocenters. The minimum absolute atomic E-state index is 0.324. The molecular weight excluding hydrogens is 1310 g/mol. The number of aromatic nitrogens is 1. The summed E-state index contributed by atoms with van der Waals surface area (Å²) in [6.45, 7) is -0.324. The maximum atomic E-state index is 2.75. The van der Waals surface area contributed by atoms with E-state index >= 15 is 0 Å². The van der Waals surface area contributed by atoms with Crippen molar-refractivity contribution in [3.8, 4) is 83.6 Å². The lowest BCUT2D eigenvalue weighted by atomic mass is 9.31. The van der Waals surface area contributed by atoms with Crippen LogP contribution in [0.3, 0.4) is 0 Å². The van der Waals surface area contributed by atoms with Crippen LogP contribution in [0.1, 0.15) is 66.8 Å². The summed E-state index contributed by atoms with van der Waals surface area (Å²) in [4.78, 5) is 5.50. The van der Waals surface area contributed by atoms with Gasteiger partial charge in [-0.2, -0.15) is 0 Å². The van der Waals surface area contributed by atoms with Gasteiger partial charge in [0.05, 0.1) is 33.0 Å². The van der Waals surface area contributed by atoms with E-state index < -0.39 is 16.2 Å². The van der Waals surface area contributed by atoms with E-state index in [1.807, 2.05) is 0 Å². The zero-order valence-electron chi connectivity index (χ0n) is 59.2. The first-order chi connectivity index (χ1) is 54.1. The molecule has 1 aromatic heterocycles. The van der Waals surface area contributed by atoms with Crippen LogP contribution in [0.5, 0.6) is 0 Å². The van der Waals surface area contributed by atoms with Crippen LogP contribution in [-0.4, -0.2) is 11.3 Å². The third-order valence-corrected chi connectivity index (χ3v) is 26.6. The van der Waals surface area contributed by atoms with Gasteiger partial charge in [-0.15, -0.1) is 0 Å². The fourth-order valence-electron chi connectivity index (χ4n) is 22.9. The summed E-state index contributed by atoms with van der Waals surface area (Å²) in [5.41, 5.74) is 45.8. The first-order valence-corrected chi connectivity index (χ1v) is 38.4. The second-order valence-corrected chi connectivity index (χ2v) is 31.0. The minimum Gasteiger partial charge on any atom is -0.311 e. The predicted octanol–water partition coefficient (Wildman–Crippen LogP) is 23.6. The van der Waals surface area contributed by atoms with Crippen LogP contribution >= 0.6 is 0 Å². The summed E-state index contributed by atoms with van der Waals surface area (Å²) < 4.78 is 2.57. The summed E-state index contributed by atoms with van der Waals surface area (Å²) in [6.07, 6.45) is 0. The van der Waals surface area contributed by atoms with Gasteiger partial charge in [-0.3, -0.25) is 0 Å². The molecule has 0 N–H and O–H groups in total. The van der Waals surface area contributed by atoms with Crippen LogP contribution in [0, 0.1) is 0 Å². The normalized spacial score (nSPS) is 15.0. The summed E-state index contributed by atoms with van der Waals surface area (Å²) >= 11 is 0. The Bertz CT molecular complexity index is 6930. The first kappa shape index (κ1) is 58.5. The standard InChI is InChI=1S/C105H62BN3/c1-2-26-63(27-3-1)64-50-52-65(53-51-64)109-97-62-67(108-93-48-24-13-36-77(93)78-37-14-25-49-94(78)108)61-96-100(97)106(92-58-57-90-98(102(92)109)80-38-12-23-47-89(80)103(90)81-39-15-4-28-68(81)69-29-5-16-40-82(69)103)101-95(59-56-79-75-35-11-22-46-88(75)105(99(79)101)86-44-20-9-32-72(86)73-33-10-21-45-87(73)105)107(96)66-54-55-76-74-34-8-19-43-85(74)104(91(76)60-66)83-41-17-6-30-70(83)71-31-7-18-42-84(71)104/h1-62H. The van der Waals surface area contributed by atoms with E-state index in [1.165, 1.54) is 183 Å². The molecule has 0 saturated heterocycles. The Labute approximate surface area is 631 Å². The Morgan fingerprint density at radius 3 is 1.10 bits per heavy atom. The molecule has 0 saturated carbocycles. The van der Waals surface area contributed by atoms with E-state index in [2.05, 4.69) is 390 Å². The lowest BCUT2D eigenvalue weighted by Crippen LogP contribution is -2.63. The molecule has 2 aliphatic heterocycles. The van der Waals surface area contributed by atoms with Crippen molar-refractivity contribution in [2.45, 2.75) is 16.2 Å². The number of fused-ring (bicyclic) bond motifs is 39. The van der Waals surface area contributed by atoms with Gasteiger partial charge in [0.1, 0.15) is 0 Å². The van der Waals surface area contributed by atoms with Crippen LogP contribution < -0.4 is 26.2 Å². The van der Waals surface area contributed by atoms with Gasteiger partial charge in [0.15, 0.2) is 0 Å². The third-order valence-electron chi connectivity index (χ3n) is 26.6. The second kappa shape index (κ2) is 20.8. The van der Waals surface area contributed by atoms with Crippen LogP contribution in [0.2, 0.25) is 0 Å². The number of benzene rings is 17. The number of anilines is 6. The zero-order chi connectivity index (χ0) is 70.7. The summed E-state index contributed by atoms with van der Waals surface area (Å²) in [5.74, 6) is 0. The molecule has 0 unspecified atom stereocenters. The Morgan fingerprint density at radius 1 is 0.220 bits per heavy atom. The summed E-state index contributed by atoms with van der Waals surface area (Å²) in [7, 11) is 0. The highest BCUT2D eigenvalue weighted by Gasteiger charge is 2.60. The third kappa shape index (κ3) is 6.92. The molecule has 26 rings (SSSR count). The number of hydrogen-bond donors (Lipinski definition) is 0. The Balaban J connectivity index is 0.856. The molecule has 500 valence electrons. The highest BCUT2D eigenvalue weighted by Crippen LogP contribution is 2.69. The summed E-state index contributed by atoms with van der Waals surface area (Å²) in [6, 6.07) is 146. The molecule has 6 aliphatic carbocycles. The molecule has 17 aromatic carbocycles. The molecule has 18 aromatic rings. The van der Waals surface area contributed by atoms with Gasteiger partial charge in [0.2, 0.25) is 0 Å². The molecule has 8 aliphatic rings. The van der Waals surface area contributed by atoms with E-state index in [0.717, 1.165) is 39.5 Å². The fourth-order valence-corrected chi connectivity index (χ4v) is 22.9. The maximum absolute atomic E-state index is 2.75. The van der Waals surface area contributed by atoms with Gasteiger partial charge in [-0.1, -0.05) is 322 Å². The van der Waals surface area contributed by atoms with Crippen molar-refractivity contribution >= 4 is 79.0 Å². The van der Waals surface area contributed by atoms with E-state index in [9.17, 15) is 0 Å². The van der Waals surface area contributed by atoms with Crippen molar-refractivity contribution < 1.29 is 0 Å². The summed E-state index contributed by atoms with van der Waals surface area (Å²) in [5, 5.41) is 2.44. The molecule has 109 heavy (non-hydrogen) atoms. The van der Waals surface area contributed by atoms with Crippen LogP contribution in [0.15, 0.2) is 376 Å². The largest absolute Gasteiger partial charge is 0.311 e. The Hall–Kier alpha value is -13.8. The molecule has 0 amide bonds. The van der Waals surface area contributed by atoms with E-state index in [0.29, 0.717) is 0 Å². The molecule has 3 spiro atoms. The van der Waals surface area contributed by atoms with Gasteiger partial charge in [-0.05, 0) is 210 Å². The number of rotatable bonds is 4. The van der Waals surface area contributed by atoms with Crippen molar-refractivity contribution in [3.05, 3.63) is 443 Å². The smallest absolute Gasteiger partial charge is 0.252 e. The van der Waals surface area contributed by atoms with Gasteiger partial charge in [0.25, 0.3) is 6.71 Å². The van der Waals surface area contributed by atoms with Gasteiger partial charge in [0, 0.05) is 50.5 Å². The monoisotopic (exact) mass is 1380 g/mol. The van der Waals surface area contributed by atoms with Crippen LogP contribution in [0.25, 0.3) is 105 Å². The van der Waals surface area contributed by atoms with Crippen molar-refractivity contribution in [2.24, 2.45) is 0 Å². The highest BCUT2D eigenvalue weighted by atomic mass is 15.2. The lowest BCUT2D eigenvalue weighted by molar-refractivity contribution is 0.793. The average molecular weight is 1380 g/mol. The van der Waals surface area contributed by atoms with Crippen molar-refractivity contribution in [1.29, 1.82) is 0 Å². The van der Waals surface area contributed by atoms with E-state index in [1.54, 1.807) is 0 Å². The molecule has 4 heteroatoms. The zero-order valence-corrected chi connectivity index (χ0v) is 59.2. The SMILES string of the molecule is c1ccc(-c2ccc(N3c4cc(-n5c6ccccc6c6ccccc65)cc5c4B(c4ccc6c(c43)-c3ccccc3C63c4ccccc4-c4ccccc43)c3c(ccc4c3C3(c6ccccc6-c6ccccc63)c3ccccc3-4)N5c3ccc4c(c3)C3(c5ccccc5-c5ccccc53)c3ccccc3-4)cc2)cc1. The van der Waals surface area contributed by atoms with Crippen molar-refractivity contribution in [2.75, 3.05) is 9.80 Å². The number of hydrogen-bond acceptors (Lipinski definition) is 2. The van der Waals surface area contributed by atoms with Gasteiger partial charge < -0.3 is 14.4 Å². The van der Waals surface area contributed by atoms with E-state index in [4.69, 9.17) is 0 Å². The van der Waals surface area contributed by atoms with Crippen molar-refractivity contribution in [3.63, 3.8) is 0 Å². The molecule has 3 heterocycles. The second-order valence-electron chi connectivity index (χ2n) is 31.0. The molecular formula is C105H62BN3. The number of para-hydroxylation sites is 2. The maximum Gasteiger partial charge on any atom is 0.252 e. The average Bonchev–Trinajstić information content (AvgIpc) is 1.57. The van der Waals surface area contributed by atoms with Crippen LogP contribution in [0.4, 0.5) is 34.1 Å². The van der Waals surface area contributed by atoms with Crippen molar-refractivity contribution in [1.82, 2.24) is 4.57 Å². The fraction of sp³-hybridized carbons (Fsp3) is 0.0286. The topological polar surface area (TPSA) is 11.4 Å². The lowest BCUT2D eigenvalue weighted by Gasteiger charge is -2.47. The Kier molecular flexibility index (Phi) is 11.2. The van der Waals surface area contributed by atoms with E-state index in [-0.39, 0.29) is 6.71 Å². The highest BCUT2D eigenvalue weighted by molar-refractivity contribution is 7.01. The minimum atomic E-state index is -0.715. The molecule has 0 bridgehead atoms. The molecule has 0 fully saturated rings. The van der Waals surface area contributed by atoms with Crippen LogP contribution in [-0.2, 0) is 16.2 Å². The first-order valence-electron chi connectivity index (χ1n) is 38.4. The number of nitrogens with zero attached hydrogens (tertiary/aromatic N) is 3. The predicted molar refractivity (Wildman–Crippen MR) is 449 cm³/mol. The van der Waals surface area contributed by atoms with Gasteiger partial charge >= 0.3 is 0 Å². The molecule has 3 nitrogen and oxygen atoms in total. The quantitative estimate of drug-likeness (QED) is 0.163. The Morgan fingerprint density at radius 2 is 0.596 bits per heavy atom. The molecule has 0 radical (unpaired) electrons.